The number of carbonyl (C=O) groups is 1. The second-order valence-electron chi connectivity index (χ2n) is 3.59. The summed E-state index contributed by atoms with van der Waals surface area (Å²) in [4.78, 5) is 16.6. The molecular formula is C15H18N2OS. The maximum atomic E-state index is 11.8. The van der Waals surface area contributed by atoms with Gasteiger partial charge in [0, 0.05) is 29.4 Å². The number of nitrogens with one attached hydrogen (secondary N) is 1. The van der Waals surface area contributed by atoms with Crippen LogP contribution in [0.15, 0.2) is 53.7 Å². The molecule has 0 spiro atoms. The van der Waals surface area contributed by atoms with E-state index in [1.54, 1.807) is 36.7 Å². The number of hydrogen-bond donors (Lipinski definition) is 2. The summed E-state index contributed by atoms with van der Waals surface area (Å²) in [6.45, 7) is 4.48. The first-order chi connectivity index (χ1) is 9.25. The van der Waals surface area contributed by atoms with Gasteiger partial charge in [-0.1, -0.05) is 19.9 Å². The van der Waals surface area contributed by atoms with Crippen molar-refractivity contribution in [1.29, 1.82) is 0 Å². The van der Waals surface area contributed by atoms with Crippen LogP contribution in [-0.2, 0) is 6.54 Å². The number of benzene rings is 1. The molecule has 0 saturated carbocycles. The summed E-state index contributed by atoms with van der Waals surface area (Å²) < 4.78 is 0. The minimum atomic E-state index is -0.0952. The van der Waals surface area contributed by atoms with E-state index in [2.05, 4.69) is 22.9 Å². The lowest BCUT2D eigenvalue weighted by Gasteiger charge is -2.05. The van der Waals surface area contributed by atoms with Crippen molar-refractivity contribution in [3.05, 3.63) is 59.9 Å². The zero-order valence-corrected chi connectivity index (χ0v) is 12.0. The molecule has 100 valence electrons. The molecule has 0 radical (unpaired) electrons. The van der Waals surface area contributed by atoms with Gasteiger partial charge in [0.05, 0.1) is 0 Å². The first kappa shape index (κ1) is 15.2. The number of nitrogens with zero attached hydrogens (tertiary/aromatic N) is 1. The molecule has 0 aliphatic rings. The number of aromatic nitrogens is 1. The van der Waals surface area contributed by atoms with Crippen molar-refractivity contribution in [3.8, 4) is 0 Å². The predicted molar refractivity (Wildman–Crippen MR) is 80.4 cm³/mol. The van der Waals surface area contributed by atoms with E-state index in [9.17, 15) is 4.79 Å². The highest BCUT2D eigenvalue weighted by Gasteiger charge is 2.04. The third-order valence-corrected chi connectivity index (χ3v) is 2.60. The van der Waals surface area contributed by atoms with Gasteiger partial charge in [0.2, 0.25) is 0 Å². The molecule has 1 N–H and O–H groups in total. The number of hydrogen-bond acceptors (Lipinski definition) is 3. The molecule has 4 heteroatoms. The lowest BCUT2D eigenvalue weighted by atomic mass is 10.2. The molecule has 0 aliphatic carbocycles. The average Bonchev–Trinajstić information content (AvgIpc) is 2.49. The van der Waals surface area contributed by atoms with E-state index in [0.29, 0.717) is 12.1 Å². The molecule has 1 amide bonds. The molecule has 1 heterocycles. The molecule has 2 rings (SSSR count). The Kier molecular flexibility index (Phi) is 6.68. The molecule has 1 aromatic heterocycles. The summed E-state index contributed by atoms with van der Waals surface area (Å²) in [7, 11) is 0. The highest BCUT2D eigenvalue weighted by atomic mass is 32.1. The minimum absolute atomic E-state index is 0.0952. The van der Waals surface area contributed by atoms with Crippen molar-refractivity contribution in [2.45, 2.75) is 25.3 Å². The Balaban J connectivity index is 0.000000861. The van der Waals surface area contributed by atoms with Gasteiger partial charge in [-0.15, -0.1) is 12.6 Å². The summed E-state index contributed by atoms with van der Waals surface area (Å²) in [5.41, 5.74) is 1.61. The zero-order chi connectivity index (χ0) is 14.1. The van der Waals surface area contributed by atoms with Crippen molar-refractivity contribution in [1.82, 2.24) is 10.3 Å². The van der Waals surface area contributed by atoms with Crippen LogP contribution in [0, 0.1) is 0 Å². The first-order valence-corrected chi connectivity index (χ1v) is 6.66. The third kappa shape index (κ3) is 5.14. The van der Waals surface area contributed by atoms with Crippen molar-refractivity contribution >= 4 is 18.5 Å². The maximum absolute atomic E-state index is 11.8. The number of amides is 1. The standard InChI is InChI=1S/C13H12N2OS.C2H6/c16-13(11-3-5-12(17)6-4-11)15-9-10-2-1-7-14-8-10;1-2/h1-8,17H,9H2,(H,15,16);1-2H3. The van der Waals surface area contributed by atoms with Crippen LogP contribution in [0.25, 0.3) is 0 Å². The Morgan fingerprint density at radius 1 is 1.21 bits per heavy atom. The first-order valence-electron chi connectivity index (χ1n) is 6.22. The highest BCUT2D eigenvalue weighted by Crippen LogP contribution is 2.07. The van der Waals surface area contributed by atoms with E-state index in [1.807, 2.05) is 26.0 Å². The van der Waals surface area contributed by atoms with Gasteiger partial charge < -0.3 is 5.32 Å². The molecule has 2 aromatic rings. The maximum Gasteiger partial charge on any atom is 0.251 e. The number of thiol groups is 1. The number of rotatable bonds is 3. The van der Waals surface area contributed by atoms with Crippen molar-refractivity contribution in [3.63, 3.8) is 0 Å². The van der Waals surface area contributed by atoms with Crippen LogP contribution in [0.4, 0.5) is 0 Å². The molecule has 0 atom stereocenters. The fourth-order valence-corrected chi connectivity index (χ4v) is 1.55. The second kappa shape index (κ2) is 8.32. The summed E-state index contributed by atoms with van der Waals surface area (Å²) in [5.74, 6) is -0.0952. The summed E-state index contributed by atoms with van der Waals surface area (Å²) in [5, 5.41) is 2.83. The van der Waals surface area contributed by atoms with Crippen molar-refractivity contribution < 1.29 is 4.79 Å². The predicted octanol–water partition coefficient (Wildman–Crippen LogP) is 3.33. The smallest absolute Gasteiger partial charge is 0.251 e. The summed E-state index contributed by atoms with van der Waals surface area (Å²) >= 11 is 4.17. The molecular weight excluding hydrogens is 256 g/mol. The van der Waals surface area contributed by atoms with Gasteiger partial charge in [-0.3, -0.25) is 9.78 Å². The summed E-state index contributed by atoms with van der Waals surface area (Å²) in [6, 6.07) is 10.9. The largest absolute Gasteiger partial charge is 0.348 e. The van der Waals surface area contributed by atoms with E-state index < -0.39 is 0 Å². The lowest BCUT2D eigenvalue weighted by molar-refractivity contribution is 0.0951. The Morgan fingerprint density at radius 2 is 1.89 bits per heavy atom. The summed E-state index contributed by atoms with van der Waals surface area (Å²) in [6.07, 6.45) is 3.44. The van der Waals surface area contributed by atoms with Crippen LogP contribution in [-0.4, -0.2) is 10.9 Å². The van der Waals surface area contributed by atoms with Gasteiger partial charge in [-0.05, 0) is 35.9 Å². The topological polar surface area (TPSA) is 42.0 Å². The highest BCUT2D eigenvalue weighted by molar-refractivity contribution is 7.80. The molecule has 0 fully saturated rings. The molecule has 19 heavy (non-hydrogen) atoms. The van der Waals surface area contributed by atoms with Crippen molar-refractivity contribution in [2.75, 3.05) is 0 Å². The van der Waals surface area contributed by atoms with E-state index in [-0.39, 0.29) is 5.91 Å². The van der Waals surface area contributed by atoms with Crippen LogP contribution >= 0.6 is 12.6 Å². The van der Waals surface area contributed by atoms with Gasteiger partial charge in [-0.2, -0.15) is 0 Å². The van der Waals surface area contributed by atoms with Gasteiger partial charge in [0.25, 0.3) is 5.91 Å². The lowest BCUT2D eigenvalue weighted by Crippen LogP contribution is -2.22. The molecule has 0 saturated heterocycles. The van der Waals surface area contributed by atoms with E-state index in [0.717, 1.165) is 10.5 Å². The fraction of sp³-hybridized carbons (Fsp3) is 0.200. The van der Waals surface area contributed by atoms with E-state index >= 15 is 0 Å². The Morgan fingerprint density at radius 3 is 2.47 bits per heavy atom. The SMILES string of the molecule is CC.O=C(NCc1cccnc1)c1ccc(S)cc1. The quantitative estimate of drug-likeness (QED) is 0.843. The zero-order valence-electron chi connectivity index (χ0n) is 11.1. The van der Waals surface area contributed by atoms with Crippen molar-refractivity contribution in [2.24, 2.45) is 0 Å². The van der Waals surface area contributed by atoms with E-state index in [4.69, 9.17) is 0 Å². The minimum Gasteiger partial charge on any atom is -0.348 e. The van der Waals surface area contributed by atoms with E-state index in [1.165, 1.54) is 0 Å². The fourth-order valence-electron chi connectivity index (χ4n) is 1.40. The van der Waals surface area contributed by atoms with Gasteiger partial charge in [0.15, 0.2) is 0 Å². The Labute approximate surface area is 119 Å². The van der Waals surface area contributed by atoms with Crippen LogP contribution < -0.4 is 5.32 Å². The van der Waals surface area contributed by atoms with Crippen LogP contribution in [0.1, 0.15) is 29.8 Å². The van der Waals surface area contributed by atoms with Gasteiger partial charge in [-0.25, -0.2) is 0 Å². The molecule has 0 bridgehead atoms. The average molecular weight is 274 g/mol. The second-order valence-corrected chi connectivity index (χ2v) is 4.11. The Bertz CT molecular complexity index is 497. The molecule has 0 aliphatic heterocycles. The third-order valence-electron chi connectivity index (χ3n) is 2.31. The van der Waals surface area contributed by atoms with Crippen LogP contribution in [0.2, 0.25) is 0 Å². The Hall–Kier alpha value is -1.81. The van der Waals surface area contributed by atoms with Gasteiger partial charge >= 0.3 is 0 Å². The van der Waals surface area contributed by atoms with Crippen LogP contribution in [0.5, 0.6) is 0 Å². The number of pyridine rings is 1. The van der Waals surface area contributed by atoms with Crippen LogP contribution in [0.3, 0.4) is 0 Å². The normalized spacial score (nSPS) is 9.21. The molecule has 3 nitrogen and oxygen atoms in total. The number of carbonyl (C=O) groups excluding carboxylic acids is 1. The monoisotopic (exact) mass is 274 g/mol. The van der Waals surface area contributed by atoms with Gasteiger partial charge in [0.1, 0.15) is 0 Å². The molecule has 0 unspecified atom stereocenters. The molecule has 1 aromatic carbocycles.